The predicted molar refractivity (Wildman–Crippen MR) is 38.1 cm³/mol. The van der Waals surface area contributed by atoms with E-state index in [9.17, 15) is 9.18 Å². The summed E-state index contributed by atoms with van der Waals surface area (Å²) in [5.74, 6) is -0.494. The van der Waals surface area contributed by atoms with E-state index in [-0.39, 0.29) is 0 Å². The third kappa shape index (κ3) is 2.37. The Bertz CT molecular complexity index is 233. The van der Waals surface area contributed by atoms with Gasteiger partial charge in [-0.2, -0.15) is 0 Å². The predicted octanol–water partition coefficient (Wildman–Crippen LogP) is 1.56. The molecule has 0 heterocycles. The summed E-state index contributed by atoms with van der Waals surface area (Å²) in [5.41, 5.74) is 0. The van der Waals surface area contributed by atoms with Crippen molar-refractivity contribution in [1.29, 1.82) is 0 Å². The average molecular weight is 154 g/mol. The van der Waals surface area contributed by atoms with Crippen LogP contribution in [-0.2, 0) is 4.79 Å². The highest BCUT2D eigenvalue weighted by atomic mass is 19.1. The van der Waals surface area contributed by atoms with Crippen LogP contribution >= 0.6 is 0 Å². The van der Waals surface area contributed by atoms with Gasteiger partial charge in [0, 0.05) is 0 Å². The molecule has 0 aromatic heterocycles. The molecule has 0 saturated heterocycles. The molecule has 0 fully saturated rings. The summed E-state index contributed by atoms with van der Waals surface area (Å²) in [6.45, 7) is -1.09. The summed E-state index contributed by atoms with van der Waals surface area (Å²) < 4.78 is 16.1. The lowest BCUT2D eigenvalue weighted by molar-refractivity contribution is -0.135. The zero-order valence-electron chi connectivity index (χ0n) is 5.79. The fourth-order valence-corrected chi connectivity index (χ4v) is 0.647. The lowest BCUT2D eigenvalue weighted by atomic mass is 10.3. The highest BCUT2D eigenvalue weighted by Gasteiger charge is 2.00. The van der Waals surface area contributed by atoms with Gasteiger partial charge in [-0.3, -0.25) is 0 Å². The van der Waals surface area contributed by atoms with Gasteiger partial charge in [0.25, 0.3) is 0 Å². The summed E-state index contributed by atoms with van der Waals surface area (Å²) in [4.78, 5) is 10.4. The van der Waals surface area contributed by atoms with Gasteiger partial charge in [-0.25, -0.2) is 9.18 Å². The van der Waals surface area contributed by atoms with E-state index in [0.717, 1.165) is 0 Å². The largest absolute Gasteiger partial charge is 0.425 e. The first kappa shape index (κ1) is 7.72. The summed E-state index contributed by atoms with van der Waals surface area (Å²) in [5, 5.41) is 0. The number of benzene rings is 1. The van der Waals surface area contributed by atoms with Crippen LogP contribution in [0.15, 0.2) is 30.3 Å². The Morgan fingerprint density at radius 2 is 2.00 bits per heavy atom. The minimum atomic E-state index is -1.09. The smallest absolute Gasteiger partial charge is 0.342 e. The molecule has 0 aliphatic carbocycles. The second-order valence-electron chi connectivity index (χ2n) is 1.92. The van der Waals surface area contributed by atoms with Gasteiger partial charge in [0.1, 0.15) is 5.75 Å². The number of carbonyl (C=O) groups is 1. The zero-order valence-corrected chi connectivity index (χ0v) is 5.79. The van der Waals surface area contributed by atoms with Crippen LogP contribution in [-0.4, -0.2) is 12.6 Å². The second-order valence-corrected chi connectivity index (χ2v) is 1.92. The van der Waals surface area contributed by atoms with Crippen molar-refractivity contribution in [2.45, 2.75) is 0 Å². The van der Waals surface area contributed by atoms with E-state index in [2.05, 4.69) is 4.74 Å². The molecular weight excluding hydrogens is 147 g/mol. The molecule has 0 aliphatic heterocycles. The minimum Gasteiger partial charge on any atom is -0.425 e. The number of rotatable bonds is 2. The van der Waals surface area contributed by atoms with Crippen molar-refractivity contribution >= 4 is 5.97 Å². The maximum absolute atomic E-state index is 11.6. The van der Waals surface area contributed by atoms with Gasteiger partial charge in [-0.1, -0.05) is 18.2 Å². The molecular formula is C8H7FO2. The van der Waals surface area contributed by atoms with E-state index in [1.54, 1.807) is 30.3 Å². The Balaban J connectivity index is 2.58. The van der Waals surface area contributed by atoms with Crippen molar-refractivity contribution in [2.24, 2.45) is 0 Å². The summed E-state index contributed by atoms with van der Waals surface area (Å²) in [6, 6.07) is 8.38. The molecule has 0 N–H and O–H groups in total. The Morgan fingerprint density at radius 3 is 2.55 bits per heavy atom. The van der Waals surface area contributed by atoms with Gasteiger partial charge in [-0.15, -0.1) is 0 Å². The first-order chi connectivity index (χ1) is 5.33. The van der Waals surface area contributed by atoms with Gasteiger partial charge in [0.05, 0.1) is 0 Å². The number of carbonyl (C=O) groups excluding carboxylic acids is 1. The number of hydrogen-bond donors (Lipinski definition) is 0. The van der Waals surface area contributed by atoms with Crippen molar-refractivity contribution in [2.75, 3.05) is 6.67 Å². The first-order valence-electron chi connectivity index (χ1n) is 3.14. The van der Waals surface area contributed by atoms with Crippen molar-refractivity contribution in [1.82, 2.24) is 0 Å². The topological polar surface area (TPSA) is 26.3 Å². The number of para-hydroxylation sites is 1. The van der Waals surface area contributed by atoms with Gasteiger partial charge >= 0.3 is 5.97 Å². The SMILES string of the molecule is O=C(CF)Oc1ccccc1. The van der Waals surface area contributed by atoms with E-state index < -0.39 is 12.6 Å². The van der Waals surface area contributed by atoms with Crippen molar-refractivity contribution in [3.63, 3.8) is 0 Å². The summed E-state index contributed by atoms with van der Waals surface area (Å²) >= 11 is 0. The van der Waals surface area contributed by atoms with Crippen LogP contribution in [0.4, 0.5) is 4.39 Å². The Hall–Kier alpha value is -1.38. The minimum absolute atomic E-state index is 0.371. The molecule has 11 heavy (non-hydrogen) atoms. The molecule has 0 atom stereocenters. The summed E-state index contributed by atoms with van der Waals surface area (Å²) in [6.07, 6.45) is 0. The monoisotopic (exact) mass is 154 g/mol. The maximum atomic E-state index is 11.6. The van der Waals surface area contributed by atoms with Crippen LogP contribution in [0.3, 0.4) is 0 Å². The molecule has 0 amide bonds. The Morgan fingerprint density at radius 1 is 1.36 bits per heavy atom. The maximum Gasteiger partial charge on any atom is 0.342 e. The van der Waals surface area contributed by atoms with E-state index >= 15 is 0 Å². The highest BCUT2D eigenvalue weighted by Crippen LogP contribution is 2.07. The van der Waals surface area contributed by atoms with Crippen LogP contribution < -0.4 is 4.74 Å². The zero-order chi connectivity index (χ0) is 8.10. The fraction of sp³-hybridized carbons (Fsp3) is 0.125. The van der Waals surface area contributed by atoms with Crippen LogP contribution in [0, 0.1) is 0 Å². The molecule has 2 nitrogen and oxygen atoms in total. The van der Waals surface area contributed by atoms with Crippen molar-refractivity contribution in [3.8, 4) is 5.75 Å². The van der Waals surface area contributed by atoms with Crippen LogP contribution in [0.5, 0.6) is 5.75 Å². The van der Waals surface area contributed by atoms with E-state index in [1.165, 1.54) is 0 Å². The lowest BCUT2D eigenvalue weighted by Gasteiger charge is -1.98. The van der Waals surface area contributed by atoms with Crippen molar-refractivity contribution in [3.05, 3.63) is 30.3 Å². The van der Waals surface area contributed by atoms with E-state index in [4.69, 9.17) is 0 Å². The molecule has 0 saturated carbocycles. The van der Waals surface area contributed by atoms with Gasteiger partial charge < -0.3 is 4.74 Å². The number of halogens is 1. The fourth-order valence-electron chi connectivity index (χ4n) is 0.647. The highest BCUT2D eigenvalue weighted by molar-refractivity contribution is 5.73. The third-order valence-corrected chi connectivity index (χ3v) is 1.08. The number of hydrogen-bond acceptors (Lipinski definition) is 2. The first-order valence-corrected chi connectivity index (χ1v) is 3.14. The van der Waals surface area contributed by atoms with Gasteiger partial charge in [0.15, 0.2) is 6.67 Å². The Labute approximate surface area is 63.6 Å². The van der Waals surface area contributed by atoms with Crippen LogP contribution in [0.1, 0.15) is 0 Å². The normalized spacial score (nSPS) is 9.18. The van der Waals surface area contributed by atoms with Crippen LogP contribution in [0.2, 0.25) is 0 Å². The lowest BCUT2D eigenvalue weighted by Crippen LogP contribution is -2.09. The average Bonchev–Trinajstić information content (AvgIpc) is 2.06. The molecule has 3 heteroatoms. The standard InChI is InChI=1S/C8H7FO2/c9-6-8(10)11-7-4-2-1-3-5-7/h1-5H,6H2. The molecule has 0 radical (unpaired) electrons. The van der Waals surface area contributed by atoms with Gasteiger partial charge in [0.2, 0.25) is 0 Å². The molecule has 0 aliphatic rings. The molecule has 1 rings (SSSR count). The number of ether oxygens (including phenoxy) is 1. The van der Waals surface area contributed by atoms with Crippen molar-refractivity contribution < 1.29 is 13.9 Å². The molecule has 1 aromatic carbocycles. The molecule has 1 aromatic rings. The van der Waals surface area contributed by atoms with E-state index in [0.29, 0.717) is 5.75 Å². The quantitative estimate of drug-likeness (QED) is 0.477. The Kier molecular flexibility index (Phi) is 2.60. The molecule has 0 unspecified atom stereocenters. The van der Waals surface area contributed by atoms with E-state index in [1.807, 2.05) is 0 Å². The number of alkyl halides is 1. The molecule has 0 bridgehead atoms. The molecule has 0 spiro atoms. The number of esters is 1. The van der Waals surface area contributed by atoms with Crippen LogP contribution in [0.25, 0.3) is 0 Å². The molecule has 58 valence electrons. The third-order valence-electron chi connectivity index (χ3n) is 1.08. The van der Waals surface area contributed by atoms with Gasteiger partial charge in [-0.05, 0) is 12.1 Å². The second kappa shape index (κ2) is 3.71. The summed E-state index contributed by atoms with van der Waals surface area (Å²) in [7, 11) is 0.